The highest BCUT2D eigenvalue weighted by Crippen LogP contribution is 2.24. The fraction of sp³-hybridized carbons (Fsp3) is 0.389. The molecule has 1 aromatic heterocycles. The van der Waals surface area contributed by atoms with Crippen molar-refractivity contribution in [1.29, 1.82) is 0 Å². The summed E-state index contributed by atoms with van der Waals surface area (Å²) in [7, 11) is 0. The number of carbonyl (C=O) groups is 2. The summed E-state index contributed by atoms with van der Waals surface area (Å²) in [6.45, 7) is 4.27. The normalized spacial score (nSPS) is 16.7. The molecule has 0 atom stereocenters. The molecular formula is C18H21N3O4. The molecule has 132 valence electrons. The summed E-state index contributed by atoms with van der Waals surface area (Å²) in [5.74, 6) is -1.49. The number of likely N-dealkylation sites (tertiary alicyclic amines) is 1. The first kappa shape index (κ1) is 17.2. The van der Waals surface area contributed by atoms with Crippen LogP contribution in [0.25, 0.3) is 5.69 Å². The van der Waals surface area contributed by atoms with Gasteiger partial charge >= 0.3 is 5.97 Å². The summed E-state index contributed by atoms with van der Waals surface area (Å²) >= 11 is 0. The van der Waals surface area contributed by atoms with E-state index in [4.69, 9.17) is 5.11 Å². The summed E-state index contributed by atoms with van der Waals surface area (Å²) < 4.78 is 1.71. The summed E-state index contributed by atoms with van der Waals surface area (Å²) in [5, 5.41) is 23.4. The molecule has 0 spiro atoms. The molecule has 2 heterocycles. The molecule has 0 unspecified atom stereocenters. The molecule has 0 aliphatic carbocycles. The lowest BCUT2D eigenvalue weighted by molar-refractivity contribution is -0.162. The monoisotopic (exact) mass is 343 g/mol. The highest BCUT2D eigenvalue weighted by Gasteiger charge is 2.40. The Labute approximate surface area is 145 Å². The maximum Gasteiger partial charge on any atom is 0.335 e. The second-order valence-electron chi connectivity index (χ2n) is 6.55. The van der Waals surface area contributed by atoms with Crippen LogP contribution in [0.3, 0.4) is 0 Å². The van der Waals surface area contributed by atoms with Crippen molar-refractivity contribution >= 4 is 11.9 Å². The third-order valence-corrected chi connectivity index (χ3v) is 4.66. The fourth-order valence-electron chi connectivity index (χ4n) is 2.98. The van der Waals surface area contributed by atoms with Crippen LogP contribution >= 0.6 is 0 Å². The minimum Gasteiger partial charge on any atom is -0.479 e. The predicted octanol–water partition coefficient (Wildman–Crippen LogP) is 1.54. The van der Waals surface area contributed by atoms with Crippen molar-refractivity contribution < 1.29 is 19.8 Å². The second-order valence-corrected chi connectivity index (χ2v) is 6.55. The maximum atomic E-state index is 12.7. The van der Waals surface area contributed by atoms with Gasteiger partial charge in [0.25, 0.3) is 5.91 Å². The number of nitrogens with zero attached hydrogens (tertiary/aromatic N) is 3. The Balaban J connectivity index is 1.77. The summed E-state index contributed by atoms with van der Waals surface area (Å²) in [4.78, 5) is 25.3. The Morgan fingerprint density at radius 2 is 1.72 bits per heavy atom. The van der Waals surface area contributed by atoms with Crippen molar-refractivity contribution in [3.8, 4) is 5.69 Å². The standard InChI is InChI=1S/C18H21N3O4/c1-12-3-5-14(6-4-12)21-13(2)11-15(19-21)16(22)20-9-7-18(25,8-10-20)17(23)24/h3-6,11,25H,7-10H2,1-2H3,(H,23,24). The van der Waals surface area contributed by atoms with E-state index in [0.717, 1.165) is 16.9 Å². The van der Waals surface area contributed by atoms with E-state index in [2.05, 4.69) is 5.10 Å². The Morgan fingerprint density at radius 3 is 2.28 bits per heavy atom. The molecule has 0 saturated carbocycles. The van der Waals surface area contributed by atoms with Gasteiger partial charge in [-0.15, -0.1) is 0 Å². The fourth-order valence-corrected chi connectivity index (χ4v) is 2.98. The number of piperidine rings is 1. The van der Waals surface area contributed by atoms with Gasteiger partial charge in [-0.25, -0.2) is 9.48 Å². The van der Waals surface area contributed by atoms with Crippen LogP contribution in [-0.4, -0.2) is 55.5 Å². The Bertz CT molecular complexity index is 802. The average molecular weight is 343 g/mol. The molecule has 3 rings (SSSR count). The van der Waals surface area contributed by atoms with Crippen molar-refractivity contribution in [1.82, 2.24) is 14.7 Å². The Morgan fingerprint density at radius 1 is 1.12 bits per heavy atom. The number of carboxylic acids is 1. The first-order chi connectivity index (χ1) is 11.8. The number of aromatic nitrogens is 2. The van der Waals surface area contributed by atoms with E-state index in [-0.39, 0.29) is 31.8 Å². The molecule has 25 heavy (non-hydrogen) atoms. The first-order valence-electron chi connectivity index (χ1n) is 8.19. The molecule has 1 aliphatic rings. The third kappa shape index (κ3) is 3.28. The van der Waals surface area contributed by atoms with Crippen molar-refractivity contribution in [2.45, 2.75) is 32.3 Å². The molecule has 7 nitrogen and oxygen atoms in total. The topological polar surface area (TPSA) is 95.7 Å². The molecule has 2 N–H and O–H groups in total. The van der Waals surface area contributed by atoms with Crippen molar-refractivity contribution in [2.24, 2.45) is 0 Å². The molecule has 1 saturated heterocycles. The van der Waals surface area contributed by atoms with Crippen LogP contribution in [0.15, 0.2) is 30.3 Å². The Hall–Kier alpha value is -2.67. The van der Waals surface area contributed by atoms with Crippen LogP contribution in [-0.2, 0) is 4.79 Å². The number of aliphatic carboxylic acids is 1. The number of amides is 1. The number of aliphatic hydroxyl groups is 1. The zero-order chi connectivity index (χ0) is 18.2. The molecule has 2 aromatic rings. The van der Waals surface area contributed by atoms with Crippen LogP contribution in [0, 0.1) is 13.8 Å². The van der Waals surface area contributed by atoms with Crippen LogP contribution in [0.2, 0.25) is 0 Å². The number of benzene rings is 1. The van der Waals surface area contributed by atoms with Crippen LogP contribution in [0.5, 0.6) is 0 Å². The zero-order valence-corrected chi connectivity index (χ0v) is 14.3. The predicted molar refractivity (Wildman–Crippen MR) is 90.8 cm³/mol. The highest BCUT2D eigenvalue weighted by atomic mass is 16.4. The van der Waals surface area contributed by atoms with E-state index in [0.29, 0.717) is 5.69 Å². The van der Waals surface area contributed by atoms with Gasteiger partial charge in [0.2, 0.25) is 0 Å². The molecule has 0 bridgehead atoms. The smallest absolute Gasteiger partial charge is 0.335 e. The minimum atomic E-state index is -1.74. The summed E-state index contributed by atoms with van der Waals surface area (Å²) in [6, 6.07) is 9.57. The van der Waals surface area contributed by atoms with Gasteiger partial charge in [0.05, 0.1) is 5.69 Å². The van der Waals surface area contributed by atoms with Crippen LogP contribution in [0.1, 0.15) is 34.6 Å². The molecule has 1 amide bonds. The molecule has 1 aromatic carbocycles. The molecule has 1 fully saturated rings. The van der Waals surface area contributed by atoms with E-state index < -0.39 is 11.6 Å². The molecule has 1 aliphatic heterocycles. The lowest BCUT2D eigenvalue weighted by Crippen LogP contribution is -2.50. The van der Waals surface area contributed by atoms with Crippen molar-refractivity contribution in [2.75, 3.05) is 13.1 Å². The van der Waals surface area contributed by atoms with Crippen LogP contribution < -0.4 is 0 Å². The van der Waals surface area contributed by atoms with E-state index in [1.165, 1.54) is 0 Å². The number of rotatable bonds is 3. The van der Waals surface area contributed by atoms with E-state index in [1.807, 2.05) is 38.1 Å². The minimum absolute atomic E-state index is 0.0196. The van der Waals surface area contributed by atoms with Gasteiger partial charge in [-0.1, -0.05) is 17.7 Å². The summed E-state index contributed by atoms with van der Waals surface area (Å²) in [6.07, 6.45) is 0.0391. The lowest BCUT2D eigenvalue weighted by atomic mass is 9.91. The van der Waals surface area contributed by atoms with Gasteiger partial charge in [0.15, 0.2) is 11.3 Å². The van der Waals surface area contributed by atoms with Crippen molar-refractivity contribution in [3.63, 3.8) is 0 Å². The number of carbonyl (C=O) groups excluding carboxylic acids is 1. The SMILES string of the molecule is Cc1ccc(-n2nc(C(=O)N3CCC(O)(C(=O)O)CC3)cc2C)cc1. The van der Waals surface area contributed by atoms with E-state index in [9.17, 15) is 14.7 Å². The number of carboxylic acid groups (broad SMARTS) is 1. The van der Waals surface area contributed by atoms with Gasteiger partial charge in [0.1, 0.15) is 0 Å². The van der Waals surface area contributed by atoms with E-state index in [1.54, 1.807) is 15.6 Å². The summed E-state index contributed by atoms with van der Waals surface area (Å²) in [5.41, 5.74) is 1.43. The van der Waals surface area contributed by atoms with Crippen molar-refractivity contribution in [3.05, 3.63) is 47.3 Å². The molecule has 0 radical (unpaired) electrons. The van der Waals surface area contributed by atoms with Gasteiger partial charge < -0.3 is 15.1 Å². The number of hydrogen-bond acceptors (Lipinski definition) is 4. The van der Waals surface area contributed by atoms with Gasteiger partial charge in [-0.05, 0) is 32.0 Å². The zero-order valence-electron chi connectivity index (χ0n) is 14.3. The quantitative estimate of drug-likeness (QED) is 0.881. The lowest BCUT2D eigenvalue weighted by Gasteiger charge is -2.34. The van der Waals surface area contributed by atoms with Crippen LogP contribution in [0.4, 0.5) is 0 Å². The van der Waals surface area contributed by atoms with Gasteiger partial charge in [0, 0.05) is 31.6 Å². The largest absolute Gasteiger partial charge is 0.479 e. The van der Waals surface area contributed by atoms with E-state index >= 15 is 0 Å². The first-order valence-corrected chi connectivity index (χ1v) is 8.19. The third-order valence-electron chi connectivity index (χ3n) is 4.66. The van der Waals surface area contributed by atoms with Gasteiger partial charge in [-0.2, -0.15) is 5.10 Å². The highest BCUT2D eigenvalue weighted by molar-refractivity contribution is 5.92. The molecular weight excluding hydrogens is 322 g/mol. The maximum absolute atomic E-state index is 12.7. The number of aryl methyl sites for hydroxylation is 2. The molecule has 7 heteroatoms. The Kier molecular flexibility index (Phi) is 4.34. The number of hydrogen-bond donors (Lipinski definition) is 2. The second kappa shape index (κ2) is 6.33. The van der Waals surface area contributed by atoms with Gasteiger partial charge in [-0.3, -0.25) is 4.79 Å². The average Bonchev–Trinajstić information content (AvgIpc) is 2.97.